The molecule has 2 atom stereocenters. The minimum absolute atomic E-state index is 0.00622. The summed E-state index contributed by atoms with van der Waals surface area (Å²) < 4.78 is 5.55. The van der Waals surface area contributed by atoms with Crippen molar-refractivity contribution >= 4 is 22.8 Å². The molecule has 7 nitrogen and oxygen atoms in total. The summed E-state index contributed by atoms with van der Waals surface area (Å²) in [7, 11) is 0. The van der Waals surface area contributed by atoms with E-state index in [9.17, 15) is 10.1 Å². The number of hydrogen-bond acceptors (Lipinski definition) is 6. The molecule has 7 heteroatoms. The zero-order valence-electron chi connectivity index (χ0n) is 10.9. The first-order chi connectivity index (χ1) is 9.63. The molecule has 1 aromatic carbocycles. The lowest BCUT2D eigenvalue weighted by atomic mass is 9.91. The Morgan fingerprint density at radius 1 is 1.40 bits per heavy atom. The summed E-state index contributed by atoms with van der Waals surface area (Å²) in [5, 5.41) is 13.9. The van der Waals surface area contributed by atoms with Crippen molar-refractivity contribution in [3.05, 3.63) is 28.3 Å². The second-order valence-corrected chi connectivity index (χ2v) is 5.13. The van der Waals surface area contributed by atoms with Gasteiger partial charge in [-0.3, -0.25) is 10.1 Å². The third kappa shape index (κ3) is 2.44. The molecule has 0 spiro atoms. The van der Waals surface area contributed by atoms with Crippen LogP contribution in [0.3, 0.4) is 0 Å². The summed E-state index contributed by atoms with van der Waals surface area (Å²) in [6.07, 6.45) is 4.26. The fourth-order valence-corrected chi connectivity index (χ4v) is 2.59. The van der Waals surface area contributed by atoms with Crippen molar-refractivity contribution < 1.29 is 9.34 Å². The minimum atomic E-state index is -0.446. The van der Waals surface area contributed by atoms with Crippen LogP contribution in [-0.4, -0.2) is 22.0 Å². The van der Waals surface area contributed by atoms with Crippen LogP contribution in [0.5, 0.6) is 0 Å². The average molecular weight is 276 g/mol. The molecule has 3 rings (SSSR count). The van der Waals surface area contributed by atoms with Crippen LogP contribution >= 0.6 is 0 Å². The van der Waals surface area contributed by atoms with E-state index in [2.05, 4.69) is 10.3 Å². The molecule has 20 heavy (non-hydrogen) atoms. The second kappa shape index (κ2) is 5.09. The van der Waals surface area contributed by atoms with Crippen LogP contribution in [-0.2, 0) is 0 Å². The van der Waals surface area contributed by atoms with E-state index in [1.165, 1.54) is 12.1 Å². The quantitative estimate of drug-likeness (QED) is 0.658. The smallest absolute Gasteiger partial charge is 0.295 e. The van der Waals surface area contributed by atoms with Crippen molar-refractivity contribution in [1.29, 1.82) is 0 Å². The first-order valence-electron chi connectivity index (χ1n) is 6.70. The van der Waals surface area contributed by atoms with Gasteiger partial charge >= 0.3 is 0 Å². The van der Waals surface area contributed by atoms with E-state index in [-0.39, 0.29) is 17.8 Å². The Hall–Kier alpha value is -2.15. The lowest BCUT2D eigenvalue weighted by Crippen LogP contribution is -2.42. The average Bonchev–Trinajstić information content (AvgIpc) is 2.82. The summed E-state index contributed by atoms with van der Waals surface area (Å²) in [5.74, 6) is 0. The van der Waals surface area contributed by atoms with Crippen molar-refractivity contribution in [3.8, 4) is 0 Å². The summed E-state index contributed by atoms with van der Waals surface area (Å²) in [6, 6.07) is 4.99. The highest BCUT2D eigenvalue weighted by atomic mass is 16.6. The molecular weight excluding hydrogens is 260 g/mol. The Morgan fingerprint density at radius 3 is 2.95 bits per heavy atom. The zero-order chi connectivity index (χ0) is 14.1. The summed E-state index contributed by atoms with van der Waals surface area (Å²) in [6.45, 7) is 0. The maximum absolute atomic E-state index is 10.7. The molecule has 3 N–H and O–H groups in total. The molecule has 0 amide bonds. The number of non-ortho nitro benzene ring substituents is 1. The first kappa shape index (κ1) is 12.9. The van der Waals surface area contributed by atoms with Gasteiger partial charge in [0.05, 0.1) is 4.92 Å². The van der Waals surface area contributed by atoms with Crippen LogP contribution in [0.25, 0.3) is 11.1 Å². The monoisotopic (exact) mass is 276 g/mol. The molecule has 106 valence electrons. The minimum Gasteiger partial charge on any atom is -0.424 e. The Balaban J connectivity index is 1.83. The fourth-order valence-electron chi connectivity index (χ4n) is 2.59. The maximum Gasteiger partial charge on any atom is 0.295 e. The predicted molar refractivity (Wildman–Crippen MR) is 74.5 cm³/mol. The number of anilines is 1. The van der Waals surface area contributed by atoms with Crippen molar-refractivity contribution in [2.24, 2.45) is 5.73 Å². The van der Waals surface area contributed by atoms with Crippen LogP contribution in [0.1, 0.15) is 25.7 Å². The van der Waals surface area contributed by atoms with Crippen LogP contribution < -0.4 is 11.1 Å². The van der Waals surface area contributed by atoms with Gasteiger partial charge in [0.15, 0.2) is 5.58 Å². The van der Waals surface area contributed by atoms with Crippen molar-refractivity contribution in [2.75, 3.05) is 5.32 Å². The standard InChI is InChI=1S/C13H16N4O3/c14-9-3-1-2-4-10(9)15-13-16-11-7-8(17(18)19)5-6-12(11)20-13/h5-7,9-10H,1-4,14H2,(H,15,16)/t9-,10-/m1/s1. The summed E-state index contributed by atoms with van der Waals surface area (Å²) >= 11 is 0. The van der Waals surface area contributed by atoms with Crippen molar-refractivity contribution in [2.45, 2.75) is 37.8 Å². The van der Waals surface area contributed by atoms with Crippen molar-refractivity contribution in [3.63, 3.8) is 0 Å². The molecule has 1 aliphatic carbocycles. The lowest BCUT2D eigenvalue weighted by molar-refractivity contribution is -0.384. The van der Waals surface area contributed by atoms with E-state index in [4.69, 9.17) is 10.2 Å². The first-order valence-corrected chi connectivity index (χ1v) is 6.70. The Morgan fingerprint density at radius 2 is 2.20 bits per heavy atom. The lowest BCUT2D eigenvalue weighted by Gasteiger charge is -2.28. The van der Waals surface area contributed by atoms with E-state index in [0.29, 0.717) is 17.1 Å². The fraction of sp³-hybridized carbons (Fsp3) is 0.462. The number of nitrogens with one attached hydrogen (secondary N) is 1. The molecule has 0 aliphatic heterocycles. The van der Waals surface area contributed by atoms with Crippen LogP contribution in [0, 0.1) is 10.1 Å². The van der Waals surface area contributed by atoms with Crippen LogP contribution in [0.4, 0.5) is 11.7 Å². The van der Waals surface area contributed by atoms with Crippen molar-refractivity contribution in [1.82, 2.24) is 4.98 Å². The highest BCUT2D eigenvalue weighted by Crippen LogP contribution is 2.26. The molecule has 0 radical (unpaired) electrons. The molecule has 1 saturated carbocycles. The highest BCUT2D eigenvalue weighted by molar-refractivity contribution is 5.77. The topological polar surface area (TPSA) is 107 Å². The number of oxazole rings is 1. The molecule has 2 aromatic rings. The van der Waals surface area contributed by atoms with Gasteiger partial charge in [-0.25, -0.2) is 0 Å². The summed E-state index contributed by atoms with van der Waals surface area (Å²) in [5.41, 5.74) is 7.08. The second-order valence-electron chi connectivity index (χ2n) is 5.13. The number of hydrogen-bond donors (Lipinski definition) is 2. The largest absolute Gasteiger partial charge is 0.424 e. The predicted octanol–water partition coefficient (Wildman–Crippen LogP) is 2.42. The highest BCUT2D eigenvalue weighted by Gasteiger charge is 2.23. The molecular formula is C13H16N4O3. The van der Waals surface area contributed by atoms with Gasteiger partial charge in [0, 0.05) is 24.2 Å². The van der Waals surface area contributed by atoms with Gasteiger partial charge in [-0.15, -0.1) is 0 Å². The number of rotatable bonds is 3. The van der Waals surface area contributed by atoms with Crippen LogP contribution in [0.15, 0.2) is 22.6 Å². The number of fused-ring (bicyclic) bond motifs is 1. The van der Waals surface area contributed by atoms with E-state index >= 15 is 0 Å². The number of nitro groups is 1. The number of nitrogens with two attached hydrogens (primary N) is 1. The number of benzene rings is 1. The van der Waals surface area contributed by atoms with Gasteiger partial charge in [-0.1, -0.05) is 12.8 Å². The van der Waals surface area contributed by atoms with Gasteiger partial charge in [0.25, 0.3) is 11.7 Å². The van der Waals surface area contributed by atoms with E-state index in [1.807, 2.05) is 0 Å². The van der Waals surface area contributed by atoms with E-state index in [1.54, 1.807) is 6.07 Å². The third-order valence-corrected chi connectivity index (χ3v) is 3.71. The van der Waals surface area contributed by atoms with Gasteiger partial charge in [-0.2, -0.15) is 4.98 Å². The molecule has 0 unspecified atom stereocenters. The van der Waals surface area contributed by atoms with E-state index < -0.39 is 4.92 Å². The molecule has 0 saturated heterocycles. The van der Waals surface area contributed by atoms with Gasteiger partial charge < -0.3 is 15.5 Å². The third-order valence-electron chi connectivity index (χ3n) is 3.71. The number of nitrogens with zero attached hydrogens (tertiary/aromatic N) is 2. The molecule has 1 heterocycles. The SMILES string of the molecule is N[C@@H]1CCCC[C@H]1Nc1nc2cc([N+](=O)[O-])ccc2o1. The van der Waals surface area contributed by atoms with Crippen LogP contribution in [0.2, 0.25) is 0 Å². The molecule has 1 aliphatic rings. The Kier molecular flexibility index (Phi) is 3.27. The van der Waals surface area contributed by atoms with Gasteiger partial charge in [0.2, 0.25) is 0 Å². The van der Waals surface area contributed by atoms with Gasteiger partial charge in [0.1, 0.15) is 5.52 Å². The number of aromatic nitrogens is 1. The molecule has 1 aromatic heterocycles. The van der Waals surface area contributed by atoms with Gasteiger partial charge in [-0.05, 0) is 18.9 Å². The number of nitro benzene ring substituents is 1. The Bertz CT molecular complexity index is 640. The molecule has 0 bridgehead atoms. The maximum atomic E-state index is 10.7. The summed E-state index contributed by atoms with van der Waals surface area (Å²) in [4.78, 5) is 14.5. The molecule has 1 fully saturated rings. The zero-order valence-corrected chi connectivity index (χ0v) is 10.9. The van der Waals surface area contributed by atoms with E-state index in [0.717, 1.165) is 25.7 Å². The Labute approximate surface area is 115 Å². The normalized spacial score (nSPS) is 22.9.